The van der Waals surface area contributed by atoms with Crippen molar-refractivity contribution in [3.05, 3.63) is 17.0 Å². The number of H-pyrrole nitrogens is 1. The number of rotatable bonds is 5. The molecule has 2 N–H and O–H groups in total. The molecule has 0 unspecified atom stereocenters. The maximum atomic E-state index is 12.0. The summed E-state index contributed by atoms with van der Waals surface area (Å²) in [6.07, 6.45) is 0. The van der Waals surface area contributed by atoms with Gasteiger partial charge >= 0.3 is 5.97 Å². The van der Waals surface area contributed by atoms with E-state index in [-0.39, 0.29) is 17.2 Å². The second kappa shape index (κ2) is 5.53. The standard InChI is InChI=1S/C11H18N2O4S/c1-5-12-18(15,16)10-7(3)9(13-8(10)4)11(14)17-6-2/h12-13H,5-6H2,1-4H3. The minimum Gasteiger partial charge on any atom is -0.461 e. The lowest BCUT2D eigenvalue weighted by Gasteiger charge is -2.05. The van der Waals surface area contributed by atoms with Gasteiger partial charge in [-0.2, -0.15) is 0 Å². The van der Waals surface area contributed by atoms with E-state index in [4.69, 9.17) is 4.74 Å². The number of hydrogen-bond acceptors (Lipinski definition) is 4. The summed E-state index contributed by atoms with van der Waals surface area (Å²) in [5.74, 6) is -0.545. The Labute approximate surface area is 107 Å². The first-order valence-electron chi connectivity index (χ1n) is 5.71. The topological polar surface area (TPSA) is 88.3 Å². The number of aromatic amines is 1. The number of esters is 1. The highest BCUT2D eigenvalue weighted by Crippen LogP contribution is 2.23. The number of hydrogen-bond donors (Lipinski definition) is 2. The molecule has 1 aromatic heterocycles. The van der Waals surface area contributed by atoms with Crippen molar-refractivity contribution in [3.63, 3.8) is 0 Å². The molecule has 1 rings (SSSR count). The molecule has 0 atom stereocenters. The monoisotopic (exact) mass is 274 g/mol. The molecule has 0 radical (unpaired) electrons. The summed E-state index contributed by atoms with van der Waals surface area (Å²) in [5.41, 5.74) is 0.995. The van der Waals surface area contributed by atoms with E-state index >= 15 is 0 Å². The fraction of sp³-hybridized carbons (Fsp3) is 0.545. The predicted molar refractivity (Wildman–Crippen MR) is 67.1 cm³/mol. The summed E-state index contributed by atoms with van der Waals surface area (Å²) in [7, 11) is -3.59. The molecule has 0 fully saturated rings. The average Bonchev–Trinajstić information content (AvgIpc) is 2.55. The van der Waals surface area contributed by atoms with Gasteiger partial charge in [-0.25, -0.2) is 17.9 Å². The molecule has 0 spiro atoms. The van der Waals surface area contributed by atoms with E-state index in [1.54, 1.807) is 27.7 Å². The first-order chi connectivity index (χ1) is 8.35. The Balaban J connectivity index is 3.29. The van der Waals surface area contributed by atoms with Gasteiger partial charge in [0.25, 0.3) is 0 Å². The summed E-state index contributed by atoms with van der Waals surface area (Å²) >= 11 is 0. The maximum absolute atomic E-state index is 12.0. The van der Waals surface area contributed by atoms with Crippen LogP contribution >= 0.6 is 0 Å². The zero-order valence-corrected chi connectivity index (χ0v) is 11.8. The minimum absolute atomic E-state index is 0.118. The molecule has 0 bridgehead atoms. The van der Waals surface area contributed by atoms with Gasteiger partial charge in [-0.15, -0.1) is 0 Å². The van der Waals surface area contributed by atoms with Crippen LogP contribution in [0.1, 0.15) is 35.6 Å². The fourth-order valence-corrected chi connectivity index (χ4v) is 3.29. The predicted octanol–water partition coefficient (Wildman–Crippen LogP) is 1.11. The van der Waals surface area contributed by atoms with E-state index in [1.807, 2.05) is 0 Å². The number of aromatic nitrogens is 1. The highest BCUT2D eigenvalue weighted by Gasteiger charge is 2.26. The van der Waals surface area contributed by atoms with Crippen molar-refractivity contribution >= 4 is 16.0 Å². The zero-order chi connectivity index (χ0) is 13.9. The molecular weight excluding hydrogens is 256 g/mol. The van der Waals surface area contributed by atoms with Crippen molar-refractivity contribution < 1.29 is 17.9 Å². The SMILES string of the molecule is CCNS(=O)(=O)c1c(C)[nH]c(C(=O)OCC)c1C. The maximum Gasteiger partial charge on any atom is 0.355 e. The van der Waals surface area contributed by atoms with Crippen molar-refractivity contribution in [1.29, 1.82) is 0 Å². The second-order valence-electron chi connectivity index (χ2n) is 3.80. The van der Waals surface area contributed by atoms with E-state index in [1.165, 1.54) is 0 Å². The van der Waals surface area contributed by atoms with Crippen LogP contribution in [0.25, 0.3) is 0 Å². The van der Waals surface area contributed by atoms with Crippen molar-refractivity contribution in [2.75, 3.05) is 13.2 Å². The van der Waals surface area contributed by atoms with Crippen LogP contribution in [-0.2, 0) is 14.8 Å². The molecular formula is C11H18N2O4S. The Bertz CT molecular complexity index is 546. The third-order valence-electron chi connectivity index (χ3n) is 2.45. The van der Waals surface area contributed by atoms with Gasteiger partial charge in [-0.3, -0.25) is 0 Å². The van der Waals surface area contributed by atoms with E-state index in [0.717, 1.165) is 0 Å². The first-order valence-corrected chi connectivity index (χ1v) is 7.19. The average molecular weight is 274 g/mol. The normalized spacial score (nSPS) is 11.6. The molecule has 0 aliphatic carbocycles. The van der Waals surface area contributed by atoms with Gasteiger partial charge in [0.2, 0.25) is 10.0 Å². The lowest BCUT2D eigenvalue weighted by atomic mass is 10.2. The van der Waals surface area contributed by atoms with Gasteiger partial charge in [0, 0.05) is 17.8 Å². The largest absolute Gasteiger partial charge is 0.461 e. The van der Waals surface area contributed by atoms with Gasteiger partial charge in [0.15, 0.2) is 0 Å². The van der Waals surface area contributed by atoms with Crippen LogP contribution < -0.4 is 4.72 Å². The van der Waals surface area contributed by atoms with Crippen LogP contribution in [0.15, 0.2) is 4.90 Å². The number of sulfonamides is 1. The van der Waals surface area contributed by atoms with Crippen LogP contribution in [0.2, 0.25) is 0 Å². The van der Waals surface area contributed by atoms with Crippen molar-refractivity contribution in [2.24, 2.45) is 0 Å². The van der Waals surface area contributed by atoms with Crippen LogP contribution in [0.4, 0.5) is 0 Å². The number of carbonyl (C=O) groups is 1. The van der Waals surface area contributed by atoms with Crippen molar-refractivity contribution in [2.45, 2.75) is 32.6 Å². The molecule has 0 saturated carbocycles. The van der Waals surface area contributed by atoms with E-state index in [0.29, 0.717) is 17.8 Å². The number of carbonyl (C=O) groups excluding carboxylic acids is 1. The quantitative estimate of drug-likeness (QED) is 0.787. The van der Waals surface area contributed by atoms with Crippen molar-refractivity contribution in [1.82, 2.24) is 9.71 Å². The van der Waals surface area contributed by atoms with E-state index in [9.17, 15) is 13.2 Å². The lowest BCUT2D eigenvalue weighted by molar-refractivity contribution is 0.0519. The zero-order valence-electron chi connectivity index (χ0n) is 11.0. The van der Waals surface area contributed by atoms with E-state index < -0.39 is 16.0 Å². The molecule has 1 heterocycles. The van der Waals surface area contributed by atoms with Crippen LogP contribution in [0, 0.1) is 13.8 Å². The summed E-state index contributed by atoms with van der Waals surface area (Å²) in [5, 5.41) is 0. The smallest absolute Gasteiger partial charge is 0.355 e. The van der Waals surface area contributed by atoms with Crippen molar-refractivity contribution in [3.8, 4) is 0 Å². The number of nitrogens with one attached hydrogen (secondary N) is 2. The molecule has 0 aromatic carbocycles. The second-order valence-corrected chi connectivity index (χ2v) is 5.50. The third-order valence-corrected chi connectivity index (χ3v) is 4.27. The molecule has 1 aromatic rings. The molecule has 18 heavy (non-hydrogen) atoms. The van der Waals surface area contributed by atoms with Crippen LogP contribution in [0.5, 0.6) is 0 Å². The van der Waals surface area contributed by atoms with Gasteiger partial charge in [0.05, 0.1) is 6.61 Å². The molecule has 0 amide bonds. The van der Waals surface area contributed by atoms with Crippen LogP contribution in [-0.4, -0.2) is 32.5 Å². The number of ether oxygens (including phenoxy) is 1. The molecule has 0 aliphatic rings. The summed E-state index contributed by atoms with van der Waals surface area (Å²) < 4.78 is 31.2. The molecule has 102 valence electrons. The first kappa shape index (κ1) is 14.7. The van der Waals surface area contributed by atoms with Gasteiger partial charge in [0.1, 0.15) is 10.6 Å². The summed E-state index contributed by atoms with van der Waals surface area (Å²) in [6.45, 7) is 7.12. The fourth-order valence-electron chi connectivity index (χ4n) is 1.81. The Hall–Kier alpha value is -1.34. The molecule has 7 heteroatoms. The van der Waals surface area contributed by atoms with Gasteiger partial charge in [-0.1, -0.05) is 6.92 Å². The molecule has 0 aliphatic heterocycles. The summed E-state index contributed by atoms with van der Waals surface area (Å²) in [4.78, 5) is 14.5. The lowest BCUT2D eigenvalue weighted by Crippen LogP contribution is -2.24. The summed E-state index contributed by atoms with van der Waals surface area (Å²) in [6, 6.07) is 0. The van der Waals surface area contributed by atoms with Crippen LogP contribution in [0.3, 0.4) is 0 Å². The highest BCUT2D eigenvalue weighted by atomic mass is 32.2. The molecule has 0 saturated heterocycles. The minimum atomic E-state index is -3.59. The molecule has 6 nitrogen and oxygen atoms in total. The highest BCUT2D eigenvalue weighted by molar-refractivity contribution is 7.89. The Morgan fingerprint density at radius 1 is 1.33 bits per heavy atom. The Morgan fingerprint density at radius 3 is 2.44 bits per heavy atom. The Morgan fingerprint density at radius 2 is 1.94 bits per heavy atom. The number of aryl methyl sites for hydroxylation is 1. The third kappa shape index (κ3) is 2.73. The Kier molecular flexibility index (Phi) is 4.53. The van der Waals surface area contributed by atoms with E-state index in [2.05, 4.69) is 9.71 Å². The van der Waals surface area contributed by atoms with Gasteiger partial charge in [-0.05, 0) is 20.8 Å². The van der Waals surface area contributed by atoms with Gasteiger partial charge < -0.3 is 9.72 Å².